The number of aromatic nitrogens is 2. The Labute approximate surface area is 154 Å². The number of nitrogens with zero attached hydrogens (tertiary/aromatic N) is 2. The number of imidazole rings is 1. The van der Waals surface area contributed by atoms with Crippen LogP contribution in [0.15, 0.2) is 41.1 Å². The van der Waals surface area contributed by atoms with Crippen molar-refractivity contribution >= 4 is 33.6 Å². The quantitative estimate of drug-likeness (QED) is 0.686. The molecule has 2 N–H and O–H groups in total. The van der Waals surface area contributed by atoms with Crippen LogP contribution in [0.5, 0.6) is 0 Å². The molecule has 0 saturated carbocycles. The van der Waals surface area contributed by atoms with Crippen molar-refractivity contribution in [1.82, 2.24) is 14.9 Å². The monoisotopic (exact) mass is 408 g/mol. The second-order valence-electron chi connectivity index (χ2n) is 5.36. The number of rotatable bonds is 7. The number of carbonyl (C=O) groups is 2. The largest absolute Gasteiger partial charge is 0.466 e. The highest BCUT2D eigenvalue weighted by Crippen LogP contribution is 2.15. The van der Waals surface area contributed by atoms with Crippen molar-refractivity contribution in [3.8, 4) is 0 Å². The molecular weight excluding hydrogens is 388 g/mol. The Hall–Kier alpha value is -2.35. The molecule has 0 spiro atoms. The minimum Gasteiger partial charge on any atom is -0.466 e. The van der Waals surface area contributed by atoms with Crippen molar-refractivity contribution < 1.29 is 14.3 Å². The van der Waals surface area contributed by atoms with Gasteiger partial charge in [0.2, 0.25) is 0 Å². The second-order valence-corrected chi connectivity index (χ2v) is 6.28. The van der Waals surface area contributed by atoms with Crippen LogP contribution in [0, 0.1) is 0 Å². The van der Waals surface area contributed by atoms with Crippen LogP contribution in [0.1, 0.15) is 32.1 Å². The molecule has 0 radical (unpaired) electrons. The first-order chi connectivity index (χ1) is 12.0. The lowest BCUT2D eigenvalue weighted by Gasteiger charge is -2.16. The third kappa shape index (κ3) is 5.90. The minimum atomic E-state index is -0.324. The average Bonchev–Trinajstić information content (AvgIpc) is 3.04. The van der Waals surface area contributed by atoms with Crippen LogP contribution in [0.25, 0.3) is 0 Å². The molecule has 1 aromatic carbocycles. The number of aryl methyl sites for hydroxylation is 1. The predicted molar refractivity (Wildman–Crippen MR) is 98.2 cm³/mol. The van der Waals surface area contributed by atoms with Gasteiger partial charge in [-0.3, -0.25) is 4.79 Å². The number of carbonyl (C=O) groups excluding carboxylic acids is 2. The van der Waals surface area contributed by atoms with E-state index in [9.17, 15) is 9.59 Å². The summed E-state index contributed by atoms with van der Waals surface area (Å²) >= 11 is 3.35. The summed E-state index contributed by atoms with van der Waals surface area (Å²) in [6.45, 7) is 4.43. The molecule has 1 atom stereocenters. The molecule has 134 valence electrons. The first-order valence-corrected chi connectivity index (χ1v) is 8.78. The molecule has 1 heterocycles. The van der Waals surface area contributed by atoms with Gasteiger partial charge in [-0.1, -0.05) is 15.9 Å². The molecule has 1 unspecified atom stereocenters. The molecule has 0 aliphatic carbocycles. The highest BCUT2D eigenvalue weighted by Gasteiger charge is 2.15. The topological polar surface area (TPSA) is 85.2 Å². The van der Waals surface area contributed by atoms with Gasteiger partial charge in [0, 0.05) is 29.1 Å². The van der Waals surface area contributed by atoms with Gasteiger partial charge in [-0.25, -0.2) is 9.78 Å². The molecule has 0 bridgehead atoms. The highest BCUT2D eigenvalue weighted by molar-refractivity contribution is 9.10. The zero-order valence-corrected chi connectivity index (χ0v) is 15.7. The zero-order valence-electron chi connectivity index (χ0n) is 14.2. The van der Waals surface area contributed by atoms with E-state index >= 15 is 0 Å². The van der Waals surface area contributed by atoms with E-state index in [-0.39, 0.29) is 24.5 Å². The van der Waals surface area contributed by atoms with E-state index in [1.807, 2.05) is 23.6 Å². The number of hydrogen-bond donors (Lipinski definition) is 2. The van der Waals surface area contributed by atoms with E-state index in [0.29, 0.717) is 24.7 Å². The molecule has 0 saturated heterocycles. The number of hydrogen-bond acceptors (Lipinski definition) is 4. The summed E-state index contributed by atoms with van der Waals surface area (Å²) in [5.41, 5.74) is 0.693. The fraction of sp³-hybridized carbons (Fsp3) is 0.353. The molecule has 2 aromatic rings. The molecule has 0 aliphatic rings. The summed E-state index contributed by atoms with van der Waals surface area (Å²) in [6, 6.07) is 6.66. The normalized spacial score (nSPS) is 11.6. The SMILES string of the molecule is CCOC(=O)CCn1ccnc1C(C)NC(=O)Nc1ccc(Br)cc1. The molecule has 7 nitrogen and oxygen atoms in total. The number of esters is 1. The van der Waals surface area contributed by atoms with Gasteiger partial charge in [-0.15, -0.1) is 0 Å². The Morgan fingerprint density at radius 3 is 2.72 bits per heavy atom. The first-order valence-electron chi connectivity index (χ1n) is 7.99. The maximum atomic E-state index is 12.1. The molecule has 8 heteroatoms. The van der Waals surface area contributed by atoms with Crippen molar-refractivity contribution in [2.45, 2.75) is 32.9 Å². The van der Waals surface area contributed by atoms with E-state index in [1.54, 1.807) is 31.5 Å². The van der Waals surface area contributed by atoms with Gasteiger partial charge in [-0.05, 0) is 38.1 Å². The van der Waals surface area contributed by atoms with Gasteiger partial charge in [0.15, 0.2) is 0 Å². The maximum absolute atomic E-state index is 12.1. The number of benzene rings is 1. The third-order valence-electron chi connectivity index (χ3n) is 3.45. The van der Waals surface area contributed by atoms with Crippen LogP contribution in [0.2, 0.25) is 0 Å². The number of amides is 2. The van der Waals surface area contributed by atoms with E-state index in [2.05, 4.69) is 31.5 Å². The Morgan fingerprint density at radius 1 is 1.32 bits per heavy atom. The predicted octanol–water partition coefficient (Wildman–Crippen LogP) is 3.48. The fourth-order valence-electron chi connectivity index (χ4n) is 2.30. The molecule has 2 rings (SSSR count). The van der Waals surface area contributed by atoms with Crippen LogP contribution >= 0.6 is 15.9 Å². The summed E-state index contributed by atoms with van der Waals surface area (Å²) in [5, 5.41) is 5.60. The van der Waals surface area contributed by atoms with E-state index in [0.717, 1.165) is 4.47 Å². The van der Waals surface area contributed by atoms with Crippen molar-refractivity contribution in [2.75, 3.05) is 11.9 Å². The molecular formula is C17H21BrN4O3. The van der Waals surface area contributed by atoms with Crippen LogP contribution < -0.4 is 10.6 Å². The summed E-state index contributed by atoms with van der Waals surface area (Å²) in [5.74, 6) is 0.422. The Balaban J connectivity index is 1.91. The van der Waals surface area contributed by atoms with E-state index < -0.39 is 0 Å². The summed E-state index contributed by atoms with van der Waals surface area (Å²) in [4.78, 5) is 27.9. The highest BCUT2D eigenvalue weighted by atomic mass is 79.9. The third-order valence-corrected chi connectivity index (χ3v) is 3.98. The standard InChI is InChI=1S/C17H21BrN4O3/c1-3-25-15(23)8-10-22-11-9-19-16(22)12(2)20-17(24)21-14-6-4-13(18)5-7-14/h4-7,9,11-12H,3,8,10H2,1-2H3,(H2,20,21,24). The minimum absolute atomic E-state index is 0.254. The van der Waals surface area contributed by atoms with Crippen LogP contribution in [-0.4, -0.2) is 28.2 Å². The van der Waals surface area contributed by atoms with Gasteiger partial charge in [-0.2, -0.15) is 0 Å². The lowest BCUT2D eigenvalue weighted by molar-refractivity contribution is -0.143. The Morgan fingerprint density at radius 2 is 2.04 bits per heavy atom. The number of nitrogens with one attached hydrogen (secondary N) is 2. The second kappa shape index (κ2) is 9.22. The number of halogens is 1. The van der Waals surface area contributed by atoms with Gasteiger partial charge in [0.1, 0.15) is 5.82 Å². The summed E-state index contributed by atoms with van der Waals surface area (Å²) in [7, 11) is 0. The van der Waals surface area contributed by atoms with Crippen molar-refractivity contribution in [3.63, 3.8) is 0 Å². The van der Waals surface area contributed by atoms with E-state index in [4.69, 9.17) is 4.74 Å². The number of urea groups is 1. The Kier molecular flexibility index (Phi) is 7.00. The molecule has 1 aromatic heterocycles. The maximum Gasteiger partial charge on any atom is 0.319 e. The van der Waals surface area contributed by atoms with Crippen molar-refractivity contribution in [1.29, 1.82) is 0 Å². The van der Waals surface area contributed by atoms with Crippen molar-refractivity contribution in [3.05, 3.63) is 47.0 Å². The summed E-state index contributed by atoms with van der Waals surface area (Å²) in [6.07, 6.45) is 3.68. The summed E-state index contributed by atoms with van der Waals surface area (Å²) < 4.78 is 7.70. The van der Waals surface area contributed by atoms with Crippen LogP contribution in [-0.2, 0) is 16.1 Å². The molecule has 0 fully saturated rings. The first kappa shape index (κ1) is 19.0. The van der Waals surface area contributed by atoms with Gasteiger partial charge in [0.05, 0.1) is 19.1 Å². The van der Waals surface area contributed by atoms with Crippen LogP contribution in [0.4, 0.5) is 10.5 Å². The number of anilines is 1. The van der Waals surface area contributed by atoms with Gasteiger partial charge < -0.3 is 19.9 Å². The lowest BCUT2D eigenvalue weighted by atomic mass is 10.3. The Bertz CT molecular complexity index is 715. The van der Waals surface area contributed by atoms with E-state index in [1.165, 1.54) is 0 Å². The average molecular weight is 409 g/mol. The fourth-order valence-corrected chi connectivity index (χ4v) is 2.56. The van der Waals surface area contributed by atoms with Gasteiger partial charge >= 0.3 is 12.0 Å². The zero-order chi connectivity index (χ0) is 18.2. The smallest absolute Gasteiger partial charge is 0.319 e. The van der Waals surface area contributed by atoms with Crippen LogP contribution in [0.3, 0.4) is 0 Å². The molecule has 25 heavy (non-hydrogen) atoms. The van der Waals surface area contributed by atoms with Gasteiger partial charge in [0.25, 0.3) is 0 Å². The molecule has 0 aliphatic heterocycles. The lowest BCUT2D eigenvalue weighted by Crippen LogP contribution is -2.32. The number of ether oxygens (including phenoxy) is 1. The van der Waals surface area contributed by atoms with Crippen molar-refractivity contribution in [2.24, 2.45) is 0 Å². The molecule has 2 amide bonds.